The Balaban J connectivity index is 1.65. The average molecular weight is 386 g/mol. The Morgan fingerprint density at radius 2 is 2.00 bits per heavy atom. The zero-order valence-corrected chi connectivity index (χ0v) is 17.6. The minimum absolute atomic E-state index is 0.337. The van der Waals surface area contributed by atoms with E-state index in [0.29, 0.717) is 12.0 Å². The van der Waals surface area contributed by atoms with Crippen molar-refractivity contribution in [2.75, 3.05) is 26.3 Å². The number of nitrogens with zero attached hydrogens (tertiary/aromatic N) is 3. The van der Waals surface area contributed by atoms with Gasteiger partial charge in [0, 0.05) is 33.4 Å². The van der Waals surface area contributed by atoms with Gasteiger partial charge < -0.3 is 19.9 Å². The van der Waals surface area contributed by atoms with E-state index in [2.05, 4.69) is 42.2 Å². The predicted molar refractivity (Wildman–Crippen MR) is 116 cm³/mol. The molecule has 0 unspecified atom stereocenters. The summed E-state index contributed by atoms with van der Waals surface area (Å²) in [4.78, 5) is 9.54. The molecule has 0 atom stereocenters. The van der Waals surface area contributed by atoms with Crippen LogP contribution in [0, 0.1) is 5.41 Å². The van der Waals surface area contributed by atoms with Crippen molar-refractivity contribution < 1.29 is 4.74 Å². The first kappa shape index (κ1) is 20.6. The molecule has 28 heavy (non-hydrogen) atoms. The van der Waals surface area contributed by atoms with E-state index in [-0.39, 0.29) is 0 Å². The van der Waals surface area contributed by atoms with Crippen LogP contribution in [0.5, 0.6) is 0 Å². The van der Waals surface area contributed by atoms with Crippen molar-refractivity contribution in [1.82, 2.24) is 20.2 Å². The number of rotatable bonds is 9. The lowest BCUT2D eigenvalue weighted by Gasteiger charge is -2.30. The van der Waals surface area contributed by atoms with Crippen LogP contribution in [-0.4, -0.2) is 41.8 Å². The summed E-state index contributed by atoms with van der Waals surface area (Å²) in [6, 6.07) is 8.22. The van der Waals surface area contributed by atoms with Crippen molar-refractivity contribution in [2.45, 2.75) is 52.5 Å². The third kappa shape index (κ3) is 5.04. The summed E-state index contributed by atoms with van der Waals surface area (Å²) < 4.78 is 7.77. The van der Waals surface area contributed by atoms with Crippen LogP contribution in [0.25, 0.3) is 11.0 Å². The summed E-state index contributed by atoms with van der Waals surface area (Å²) in [5.74, 6) is 1.85. The Bertz CT molecular complexity index is 776. The number of aliphatic imine (C=N–C) groups is 1. The molecule has 0 aliphatic heterocycles. The first-order valence-corrected chi connectivity index (χ1v) is 10.7. The van der Waals surface area contributed by atoms with Crippen molar-refractivity contribution in [3.8, 4) is 0 Å². The summed E-state index contributed by atoms with van der Waals surface area (Å²) >= 11 is 0. The maximum absolute atomic E-state index is 5.64. The Labute approximate surface area is 168 Å². The number of fused-ring (bicyclic) bond motifs is 1. The summed E-state index contributed by atoms with van der Waals surface area (Å²) in [6.45, 7) is 8.18. The Hall–Kier alpha value is -2.08. The van der Waals surface area contributed by atoms with Gasteiger partial charge in [-0.1, -0.05) is 25.0 Å². The number of nitrogens with one attached hydrogen (secondary N) is 2. The summed E-state index contributed by atoms with van der Waals surface area (Å²) in [5, 5.41) is 6.99. The fourth-order valence-electron chi connectivity index (χ4n) is 4.17. The normalized spacial score (nSPS) is 16.6. The average Bonchev–Trinajstić information content (AvgIpc) is 3.30. The number of aryl methyl sites for hydroxylation is 1. The number of aromatic nitrogens is 2. The quantitative estimate of drug-likeness (QED) is 0.393. The minimum Gasteiger partial charge on any atom is -0.382 e. The molecule has 6 heteroatoms. The molecule has 1 heterocycles. The largest absolute Gasteiger partial charge is 0.382 e. The lowest BCUT2D eigenvalue weighted by molar-refractivity contribution is 0.105. The van der Waals surface area contributed by atoms with Gasteiger partial charge >= 0.3 is 0 Å². The van der Waals surface area contributed by atoms with Gasteiger partial charge in [0.25, 0.3) is 0 Å². The Morgan fingerprint density at radius 3 is 2.71 bits per heavy atom. The molecular weight excluding hydrogens is 350 g/mol. The molecule has 0 saturated heterocycles. The van der Waals surface area contributed by atoms with Crippen LogP contribution in [0.3, 0.4) is 0 Å². The van der Waals surface area contributed by atoms with E-state index in [4.69, 9.17) is 14.7 Å². The first-order valence-electron chi connectivity index (χ1n) is 10.7. The molecule has 1 aromatic carbocycles. The van der Waals surface area contributed by atoms with Gasteiger partial charge in [-0.2, -0.15) is 0 Å². The van der Waals surface area contributed by atoms with E-state index in [9.17, 15) is 0 Å². The topological polar surface area (TPSA) is 63.5 Å². The van der Waals surface area contributed by atoms with E-state index in [1.54, 1.807) is 0 Å². The second-order valence-electron chi connectivity index (χ2n) is 7.78. The van der Waals surface area contributed by atoms with Crippen LogP contribution in [0.1, 0.15) is 51.8 Å². The van der Waals surface area contributed by atoms with Crippen molar-refractivity contribution in [3.63, 3.8) is 0 Å². The lowest BCUT2D eigenvalue weighted by atomic mass is 9.83. The molecule has 0 spiro atoms. The molecular formula is C22H35N5O. The second kappa shape index (κ2) is 9.92. The molecule has 0 bridgehead atoms. The molecule has 2 N–H and O–H groups in total. The van der Waals surface area contributed by atoms with Gasteiger partial charge in [0.2, 0.25) is 0 Å². The highest BCUT2D eigenvalue weighted by Gasteiger charge is 2.33. The van der Waals surface area contributed by atoms with Crippen LogP contribution in [0.15, 0.2) is 29.3 Å². The number of benzene rings is 1. The molecule has 1 saturated carbocycles. The zero-order chi connectivity index (χ0) is 19.8. The molecule has 0 radical (unpaired) electrons. The third-order valence-electron chi connectivity index (χ3n) is 5.88. The van der Waals surface area contributed by atoms with Gasteiger partial charge in [0.1, 0.15) is 12.4 Å². The lowest BCUT2D eigenvalue weighted by Crippen LogP contribution is -2.43. The first-order chi connectivity index (χ1) is 13.7. The second-order valence-corrected chi connectivity index (χ2v) is 7.78. The fourth-order valence-corrected chi connectivity index (χ4v) is 4.17. The number of hydrogen-bond donors (Lipinski definition) is 2. The third-order valence-corrected chi connectivity index (χ3v) is 5.88. The predicted octanol–water partition coefficient (Wildman–Crippen LogP) is 3.62. The number of hydrogen-bond acceptors (Lipinski definition) is 3. The van der Waals surface area contributed by atoms with Gasteiger partial charge in [-0.3, -0.25) is 0 Å². The highest BCUT2D eigenvalue weighted by atomic mass is 16.5. The summed E-state index contributed by atoms with van der Waals surface area (Å²) in [6.07, 6.45) is 6.31. The van der Waals surface area contributed by atoms with E-state index in [0.717, 1.165) is 55.5 Å². The molecule has 2 aromatic rings. The number of ether oxygens (including phenoxy) is 1. The molecule has 154 valence electrons. The SMILES string of the molecule is CCNC(=NCc1nc2ccccc2n1C)NCC1(CCOCC)CCCC1. The van der Waals surface area contributed by atoms with Crippen molar-refractivity contribution in [1.29, 1.82) is 0 Å². The van der Waals surface area contributed by atoms with Crippen molar-refractivity contribution in [3.05, 3.63) is 30.1 Å². The van der Waals surface area contributed by atoms with E-state index < -0.39 is 0 Å². The van der Waals surface area contributed by atoms with E-state index in [1.807, 2.05) is 18.2 Å². The molecule has 1 aromatic heterocycles. The van der Waals surface area contributed by atoms with E-state index in [1.165, 1.54) is 25.7 Å². The maximum Gasteiger partial charge on any atom is 0.191 e. The van der Waals surface area contributed by atoms with Gasteiger partial charge in [0.15, 0.2) is 5.96 Å². The van der Waals surface area contributed by atoms with Crippen LogP contribution < -0.4 is 10.6 Å². The molecule has 1 aliphatic carbocycles. The number of para-hydroxylation sites is 2. The van der Waals surface area contributed by atoms with Crippen molar-refractivity contribution in [2.24, 2.45) is 17.5 Å². The van der Waals surface area contributed by atoms with E-state index >= 15 is 0 Å². The smallest absolute Gasteiger partial charge is 0.191 e. The molecule has 3 rings (SSSR count). The molecule has 1 fully saturated rings. The summed E-state index contributed by atoms with van der Waals surface area (Å²) in [5.41, 5.74) is 2.50. The monoisotopic (exact) mass is 385 g/mol. The van der Waals surface area contributed by atoms with Crippen LogP contribution in [0.2, 0.25) is 0 Å². The molecule has 0 amide bonds. The fraction of sp³-hybridized carbons (Fsp3) is 0.636. The highest BCUT2D eigenvalue weighted by molar-refractivity contribution is 5.80. The standard InChI is InChI=1S/C22H35N5O/c1-4-23-21(25-17-22(12-8-9-13-22)14-15-28-5-2)24-16-20-26-18-10-6-7-11-19(18)27(20)3/h6-7,10-11H,4-5,8-9,12-17H2,1-3H3,(H2,23,24,25). The van der Waals surface area contributed by atoms with Gasteiger partial charge in [-0.15, -0.1) is 0 Å². The zero-order valence-electron chi connectivity index (χ0n) is 17.6. The minimum atomic E-state index is 0.337. The molecule has 6 nitrogen and oxygen atoms in total. The number of imidazole rings is 1. The van der Waals surface area contributed by atoms with Gasteiger partial charge in [-0.05, 0) is 50.7 Å². The Kier molecular flexibility index (Phi) is 7.31. The van der Waals surface area contributed by atoms with Gasteiger partial charge in [0.05, 0.1) is 11.0 Å². The Morgan fingerprint density at radius 1 is 1.21 bits per heavy atom. The van der Waals surface area contributed by atoms with Crippen LogP contribution in [-0.2, 0) is 18.3 Å². The maximum atomic E-state index is 5.64. The van der Waals surface area contributed by atoms with Gasteiger partial charge in [-0.25, -0.2) is 9.98 Å². The highest BCUT2D eigenvalue weighted by Crippen LogP contribution is 2.40. The van der Waals surface area contributed by atoms with Crippen LogP contribution >= 0.6 is 0 Å². The molecule has 1 aliphatic rings. The van der Waals surface area contributed by atoms with Crippen molar-refractivity contribution >= 4 is 17.0 Å². The number of guanidine groups is 1. The summed E-state index contributed by atoms with van der Waals surface area (Å²) in [7, 11) is 2.06. The van der Waals surface area contributed by atoms with Crippen LogP contribution in [0.4, 0.5) is 0 Å².